The summed E-state index contributed by atoms with van der Waals surface area (Å²) in [6, 6.07) is 10.4. The van der Waals surface area contributed by atoms with Crippen LogP contribution in [0.1, 0.15) is 18.2 Å². The largest absolute Gasteiger partial charge is 0.347 e. The van der Waals surface area contributed by atoms with Crippen LogP contribution in [0.25, 0.3) is 11.3 Å². The van der Waals surface area contributed by atoms with E-state index in [1.54, 1.807) is 18.2 Å². The van der Waals surface area contributed by atoms with Gasteiger partial charge in [-0.25, -0.2) is 9.37 Å². The number of benzene rings is 1. The van der Waals surface area contributed by atoms with Gasteiger partial charge >= 0.3 is 0 Å². The predicted molar refractivity (Wildman–Crippen MR) is 86.2 cm³/mol. The van der Waals surface area contributed by atoms with E-state index >= 15 is 0 Å². The Labute approximate surface area is 133 Å². The van der Waals surface area contributed by atoms with Gasteiger partial charge in [0.2, 0.25) is 5.95 Å². The molecule has 1 N–H and O–H groups in total. The lowest BCUT2D eigenvalue weighted by Gasteiger charge is -2.06. The summed E-state index contributed by atoms with van der Waals surface area (Å²) >= 11 is 0. The fourth-order valence-corrected chi connectivity index (χ4v) is 2.12. The number of aryl methyl sites for hydroxylation is 1. The van der Waals surface area contributed by atoms with Gasteiger partial charge in [0.15, 0.2) is 0 Å². The van der Waals surface area contributed by atoms with Crippen LogP contribution in [0.4, 0.5) is 10.3 Å². The molecule has 0 aliphatic heterocycles. The van der Waals surface area contributed by atoms with E-state index in [0.717, 1.165) is 12.1 Å². The first kappa shape index (κ1) is 15.0. The van der Waals surface area contributed by atoms with Crippen molar-refractivity contribution in [1.29, 1.82) is 0 Å². The molecule has 116 valence electrons. The molecule has 5 nitrogen and oxygen atoms in total. The van der Waals surface area contributed by atoms with Crippen LogP contribution in [-0.4, -0.2) is 20.2 Å². The Kier molecular flexibility index (Phi) is 4.52. The van der Waals surface area contributed by atoms with Crippen molar-refractivity contribution in [3.8, 4) is 11.3 Å². The molecule has 0 aliphatic rings. The second-order valence-electron chi connectivity index (χ2n) is 5.01. The Hall–Kier alpha value is -2.89. The zero-order valence-electron chi connectivity index (χ0n) is 12.7. The van der Waals surface area contributed by atoms with Crippen LogP contribution in [0.5, 0.6) is 0 Å². The van der Waals surface area contributed by atoms with Gasteiger partial charge in [-0.2, -0.15) is 5.10 Å². The Morgan fingerprint density at radius 2 is 1.96 bits per heavy atom. The van der Waals surface area contributed by atoms with E-state index in [2.05, 4.69) is 32.4 Å². The Morgan fingerprint density at radius 3 is 2.70 bits per heavy atom. The number of anilines is 1. The van der Waals surface area contributed by atoms with E-state index in [9.17, 15) is 4.39 Å². The summed E-state index contributed by atoms with van der Waals surface area (Å²) in [5.74, 6) is 0.00268. The molecule has 0 aliphatic carbocycles. The van der Waals surface area contributed by atoms with E-state index in [1.165, 1.54) is 17.8 Å². The highest BCUT2D eigenvalue weighted by molar-refractivity contribution is 5.59. The van der Waals surface area contributed by atoms with Crippen LogP contribution in [0.15, 0.2) is 48.8 Å². The summed E-state index contributed by atoms with van der Waals surface area (Å²) in [5, 5.41) is 10.9. The first-order valence-electron chi connectivity index (χ1n) is 7.38. The third kappa shape index (κ3) is 3.66. The smallest absolute Gasteiger partial charge is 0.243 e. The number of pyridine rings is 1. The number of halogens is 1. The number of hydrogen-bond donors (Lipinski definition) is 1. The number of nitrogens with zero attached hydrogens (tertiary/aromatic N) is 4. The maximum absolute atomic E-state index is 13.8. The third-order valence-corrected chi connectivity index (χ3v) is 3.43. The van der Waals surface area contributed by atoms with Crippen molar-refractivity contribution in [2.75, 3.05) is 5.32 Å². The molecule has 0 radical (unpaired) electrons. The van der Waals surface area contributed by atoms with E-state index in [1.807, 2.05) is 18.3 Å². The SMILES string of the molecule is CCc1ccc(CNc2nncc(-c3ccccc3F)n2)nc1. The second kappa shape index (κ2) is 6.91. The minimum atomic E-state index is -0.337. The maximum atomic E-state index is 13.8. The Bertz CT molecular complexity index is 789. The topological polar surface area (TPSA) is 63.6 Å². The first-order valence-corrected chi connectivity index (χ1v) is 7.38. The summed E-state index contributed by atoms with van der Waals surface area (Å²) in [6.07, 6.45) is 4.25. The van der Waals surface area contributed by atoms with Gasteiger partial charge in [-0.15, -0.1) is 5.10 Å². The molecule has 3 aromatic rings. The zero-order valence-corrected chi connectivity index (χ0v) is 12.7. The number of nitrogens with one attached hydrogen (secondary N) is 1. The summed E-state index contributed by atoms with van der Waals surface area (Å²) in [5.41, 5.74) is 2.90. The molecule has 3 rings (SSSR count). The highest BCUT2D eigenvalue weighted by Gasteiger charge is 2.08. The summed E-state index contributed by atoms with van der Waals surface area (Å²) in [4.78, 5) is 8.66. The van der Waals surface area contributed by atoms with Crippen LogP contribution in [0.2, 0.25) is 0 Å². The summed E-state index contributed by atoms with van der Waals surface area (Å²) in [7, 11) is 0. The Balaban J connectivity index is 1.74. The van der Waals surface area contributed by atoms with Crippen LogP contribution in [-0.2, 0) is 13.0 Å². The molecular weight excluding hydrogens is 293 g/mol. The molecule has 0 unspecified atom stereocenters. The van der Waals surface area contributed by atoms with Crippen molar-refractivity contribution < 1.29 is 4.39 Å². The zero-order chi connectivity index (χ0) is 16.1. The molecule has 0 spiro atoms. The molecule has 0 bridgehead atoms. The van der Waals surface area contributed by atoms with Crippen LogP contribution in [0, 0.1) is 5.82 Å². The second-order valence-corrected chi connectivity index (χ2v) is 5.01. The Morgan fingerprint density at radius 1 is 1.09 bits per heavy atom. The van der Waals surface area contributed by atoms with Gasteiger partial charge in [0.25, 0.3) is 0 Å². The fourth-order valence-electron chi connectivity index (χ4n) is 2.12. The van der Waals surface area contributed by atoms with Gasteiger partial charge in [-0.1, -0.05) is 25.1 Å². The normalized spacial score (nSPS) is 10.5. The molecule has 2 aromatic heterocycles. The number of hydrogen-bond acceptors (Lipinski definition) is 5. The standard InChI is InChI=1S/C17H16FN5/c1-2-12-7-8-13(19-9-12)10-20-17-22-16(11-21-23-17)14-5-3-4-6-15(14)18/h3-9,11H,2,10H2,1H3,(H,20,22,23). The number of rotatable bonds is 5. The quantitative estimate of drug-likeness (QED) is 0.784. The van der Waals surface area contributed by atoms with Crippen molar-refractivity contribution in [2.45, 2.75) is 19.9 Å². The van der Waals surface area contributed by atoms with E-state index in [-0.39, 0.29) is 5.82 Å². The van der Waals surface area contributed by atoms with Crippen molar-refractivity contribution in [2.24, 2.45) is 0 Å². The predicted octanol–water partition coefficient (Wildman–Crippen LogP) is 3.25. The molecule has 23 heavy (non-hydrogen) atoms. The molecular formula is C17H16FN5. The van der Waals surface area contributed by atoms with Gasteiger partial charge in [0.05, 0.1) is 24.1 Å². The molecule has 0 atom stereocenters. The fraction of sp³-hybridized carbons (Fsp3) is 0.176. The van der Waals surface area contributed by atoms with Crippen molar-refractivity contribution in [3.63, 3.8) is 0 Å². The maximum Gasteiger partial charge on any atom is 0.243 e. The first-order chi connectivity index (χ1) is 11.3. The lowest BCUT2D eigenvalue weighted by molar-refractivity contribution is 0.630. The highest BCUT2D eigenvalue weighted by atomic mass is 19.1. The van der Waals surface area contributed by atoms with Gasteiger partial charge < -0.3 is 5.32 Å². The molecule has 0 amide bonds. The number of aromatic nitrogens is 4. The molecule has 0 saturated heterocycles. The molecule has 0 saturated carbocycles. The lowest BCUT2D eigenvalue weighted by atomic mass is 10.1. The van der Waals surface area contributed by atoms with Gasteiger partial charge in [-0.3, -0.25) is 4.98 Å². The average molecular weight is 309 g/mol. The van der Waals surface area contributed by atoms with Crippen molar-refractivity contribution >= 4 is 5.95 Å². The minimum Gasteiger partial charge on any atom is -0.347 e. The van der Waals surface area contributed by atoms with Crippen molar-refractivity contribution in [3.05, 3.63) is 65.9 Å². The van der Waals surface area contributed by atoms with Crippen LogP contribution < -0.4 is 5.32 Å². The summed E-state index contributed by atoms with van der Waals surface area (Å²) < 4.78 is 13.8. The van der Waals surface area contributed by atoms with Crippen LogP contribution in [0.3, 0.4) is 0 Å². The minimum absolute atomic E-state index is 0.337. The molecule has 2 heterocycles. The van der Waals surface area contributed by atoms with Gasteiger partial charge in [-0.05, 0) is 30.2 Å². The van der Waals surface area contributed by atoms with Crippen LogP contribution >= 0.6 is 0 Å². The molecule has 6 heteroatoms. The average Bonchev–Trinajstić information content (AvgIpc) is 2.61. The third-order valence-electron chi connectivity index (χ3n) is 3.43. The highest BCUT2D eigenvalue weighted by Crippen LogP contribution is 2.20. The van der Waals surface area contributed by atoms with Gasteiger partial charge in [0.1, 0.15) is 5.82 Å². The van der Waals surface area contributed by atoms with Crippen molar-refractivity contribution in [1.82, 2.24) is 20.2 Å². The van der Waals surface area contributed by atoms with E-state index < -0.39 is 0 Å². The summed E-state index contributed by atoms with van der Waals surface area (Å²) in [6.45, 7) is 2.56. The van der Waals surface area contributed by atoms with E-state index in [4.69, 9.17) is 0 Å². The lowest BCUT2D eigenvalue weighted by Crippen LogP contribution is -2.07. The molecule has 0 fully saturated rings. The van der Waals surface area contributed by atoms with Gasteiger partial charge in [0, 0.05) is 11.8 Å². The van der Waals surface area contributed by atoms with E-state index in [0.29, 0.717) is 23.8 Å². The monoisotopic (exact) mass is 309 g/mol. The molecule has 1 aromatic carbocycles.